The average molecular weight is 427 g/mol. The molecule has 1 aromatic heterocycles. The molecule has 0 aliphatic heterocycles. The molecular formula is C13H11Br2ClO2S. The highest BCUT2D eigenvalue weighted by Gasteiger charge is 2.22. The molecule has 0 spiro atoms. The van der Waals surface area contributed by atoms with Crippen molar-refractivity contribution in [2.45, 2.75) is 4.83 Å². The number of alkyl halides is 1. The van der Waals surface area contributed by atoms with Gasteiger partial charge in [0, 0.05) is 10.6 Å². The number of ether oxygens (including phenoxy) is 2. The summed E-state index contributed by atoms with van der Waals surface area (Å²) in [6, 6.07) is 5.65. The third-order valence-corrected chi connectivity index (χ3v) is 5.65. The van der Waals surface area contributed by atoms with Gasteiger partial charge in [0.1, 0.15) is 11.5 Å². The van der Waals surface area contributed by atoms with Gasteiger partial charge >= 0.3 is 0 Å². The van der Waals surface area contributed by atoms with Crippen LogP contribution in [0.5, 0.6) is 11.5 Å². The lowest BCUT2D eigenvalue weighted by Crippen LogP contribution is -1.98. The van der Waals surface area contributed by atoms with Gasteiger partial charge in [-0.2, -0.15) is 0 Å². The van der Waals surface area contributed by atoms with Crippen LogP contribution in [-0.4, -0.2) is 14.2 Å². The minimum Gasteiger partial charge on any atom is -0.496 e. The average Bonchev–Trinajstić information content (AvgIpc) is 2.85. The van der Waals surface area contributed by atoms with Crippen LogP contribution < -0.4 is 9.47 Å². The van der Waals surface area contributed by atoms with Crippen molar-refractivity contribution in [1.82, 2.24) is 0 Å². The van der Waals surface area contributed by atoms with Crippen LogP contribution in [0.15, 0.2) is 28.1 Å². The highest BCUT2D eigenvalue weighted by molar-refractivity contribution is 9.10. The summed E-state index contributed by atoms with van der Waals surface area (Å²) >= 11 is 14.9. The number of halogens is 3. The maximum Gasteiger partial charge on any atom is 0.137 e. The van der Waals surface area contributed by atoms with Gasteiger partial charge < -0.3 is 9.47 Å². The van der Waals surface area contributed by atoms with E-state index in [1.54, 1.807) is 25.6 Å². The predicted octanol–water partition coefficient (Wildman–Crippen LogP) is 5.67. The van der Waals surface area contributed by atoms with E-state index < -0.39 is 0 Å². The standard InChI is InChI=1S/C13H11Br2ClO2S/c1-17-10-3-4-19-13(10)11(15)8-5-7(16)6-9(14)12(8)18-2/h3-6,11H,1-2H3. The Bertz CT molecular complexity index is 586. The first-order valence-corrected chi connectivity index (χ1v) is 8.33. The van der Waals surface area contributed by atoms with Crippen LogP contribution in [0.2, 0.25) is 5.02 Å². The lowest BCUT2D eigenvalue weighted by Gasteiger charge is -2.16. The molecule has 1 atom stereocenters. The largest absolute Gasteiger partial charge is 0.496 e. The maximum atomic E-state index is 6.12. The molecule has 2 aromatic rings. The van der Waals surface area contributed by atoms with Gasteiger partial charge in [0.15, 0.2) is 0 Å². The molecule has 19 heavy (non-hydrogen) atoms. The zero-order valence-electron chi connectivity index (χ0n) is 10.2. The molecule has 0 fully saturated rings. The molecule has 0 N–H and O–H groups in total. The number of hydrogen-bond donors (Lipinski definition) is 0. The topological polar surface area (TPSA) is 18.5 Å². The monoisotopic (exact) mass is 424 g/mol. The summed E-state index contributed by atoms with van der Waals surface area (Å²) in [5.41, 5.74) is 0.961. The highest BCUT2D eigenvalue weighted by atomic mass is 79.9. The SMILES string of the molecule is COc1ccsc1C(Br)c1cc(Cl)cc(Br)c1OC. The molecule has 0 bridgehead atoms. The Hall–Kier alpha value is -0.230. The van der Waals surface area contributed by atoms with E-state index in [0.717, 1.165) is 26.4 Å². The molecule has 0 aliphatic rings. The quantitative estimate of drug-likeness (QED) is 0.587. The lowest BCUT2D eigenvalue weighted by molar-refractivity contribution is 0.405. The number of rotatable bonds is 4. The van der Waals surface area contributed by atoms with Crippen molar-refractivity contribution in [3.8, 4) is 11.5 Å². The fourth-order valence-electron chi connectivity index (χ4n) is 1.79. The lowest BCUT2D eigenvalue weighted by atomic mass is 10.1. The summed E-state index contributed by atoms with van der Waals surface area (Å²) in [5, 5.41) is 2.65. The van der Waals surface area contributed by atoms with Crippen molar-refractivity contribution in [3.63, 3.8) is 0 Å². The van der Waals surface area contributed by atoms with Gasteiger partial charge in [0.25, 0.3) is 0 Å². The summed E-state index contributed by atoms with van der Waals surface area (Å²) in [7, 11) is 3.30. The zero-order chi connectivity index (χ0) is 14.0. The Balaban J connectivity index is 2.52. The molecule has 0 radical (unpaired) electrons. The van der Waals surface area contributed by atoms with Crippen molar-refractivity contribution in [2.75, 3.05) is 14.2 Å². The van der Waals surface area contributed by atoms with Gasteiger partial charge in [0.05, 0.1) is 28.4 Å². The van der Waals surface area contributed by atoms with Crippen molar-refractivity contribution >= 4 is 54.8 Å². The summed E-state index contributed by atoms with van der Waals surface area (Å²) in [4.78, 5) is 1.04. The first kappa shape index (κ1) is 15.2. The fourth-order valence-corrected chi connectivity index (χ4v) is 4.53. The van der Waals surface area contributed by atoms with E-state index in [4.69, 9.17) is 21.1 Å². The second-order valence-corrected chi connectivity index (χ2v) is 6.88. The molecule has 6 heteroatoms. The fraction of sp³-hybridized carbons (Fsp3) is 0.231. The van der Waals surface area contributed by atoms with Crippen LogP contribution in [0.4, 0.5) is 0 Å². The molecule has 0 aliphatic carbocycles. The first-order valence-electron chi connectivity index (χ1n) is 5.36. The minimum atomic E-state index is -0.0348. The molecular weight excluding hydrogens is 415 g/mol. The van der Waals surface area contributed by atoms with Crippen LogP contribution in [0.3, 0.4) is 0 Å². The molecule has 2 nitrogen and oxygen atoms in total. The molecule has 2 rings (SSSR count). The van der Waals surface area contributed by atoms with E-state index in [-0.39, 0.29) is 4.83 Å². The van der Waals surface area contributed by atoms with Gasteiger partial charge in [-0.1, -0.05) is 27.5 Å². The molecule has 1 heterocycles. The van der Waals surface area contributed by atoms with E-state index in [0.29, 0.717) is 5.02 Å². The van der Waals surface area contributed by atoms with E-state index in [1.165, 1.54) is 0 Å². The predicted molar refractivity (Wildman–Crippen MR) is 87.3 cm³/mol. The molecule has 102 valence electrons. The van der Waals surface area contributed by atoms with E-state index in [2.05, 4.69) is 31.9 Å². The minimum absolute atomic E-state index is 0.0348. The summed E-state index contributed by atoms with van der Waals surface area (Å²) < 4.78 is 11.6. The van der Waals surface area contributed by atoms with Gasteiger partial charge in [0.2, 0.25) is 0 Å². The van der Waals surface area contributed by atoms with E-state index in [1.807, 2.05) is 23.6 Å². The van der Waals surface area contributed by atoms with Gasteiger partial charge in [-0.25, -0.2) is 0 Å². The number of methoxy groups -OCH3 is 2. The molecule has 0 amide bonds. The van der Waals surface area contributed by atoms with Crippen LogP contribution in [-0.2, 0) is 0 Å². The highest BCUT2D eigenvalue weighted by Crippen LogP contribution is 2.46. The van der Waals surface area contributed by atoms with Crippen molar-refractivity contribution in [1.29, 1.82) is 0 Å². The van der Waals surface area contributed by atoms with Crippen LogP contribution in [0.25, 0.3) is 0 Å². The second kappa shape index (κ2) is 6.48. The van der Waals surface area contributed by atoms with E-state index >= 15 is 0 Å². The molecule has 0 saturated heterocycles. The smallest absolute Gasteiger partial charge is 0.137 e. The number of thiophene rings is 1. The van der Waals surface area contributed by atoms with Crippen LogP contribution in [0.1, 0.15) is 15.3 Å². The van der Waals surface area contributed by atoms with Crippen LogP contribution in [0, 0.1) is 0 Å². The van der Waals surface area contributed by atoms with Crippen molar-refractivity contribution < 1.29 is 9.47 Å². The van der Waals surface area contributed by atoms with Crippen molar-refractivity contribution in [3.05, 3.63) is 43.5 Å². The third-order valence-electron chi connectivity index (χ3n) is 2.62. The molecule has 1 aromatic carbocycles. The third kappa shape index (κ3) is 3.10. The van der Waals surface area contributed by atoms with E-state index in [9.17, 15) is 0 Å². The Morgan fingerprint density at radius 3 is 2.63 bits per heavy atom. The van der Waals surface area contributed by atoms with Gasteiger partial charge in [-0.3, -0.25) is 0 Å². The number of benzene rings is 1. The second-order valence-electron chi connectivity index (χ2n) is 3.73. The maximum absolute atomic E-state index is 6.12. The summed E-state index contributed by atoms with van der Waals surface area (Å²) in [6.07, 6.45) is 0. The Morgan fingerprint density at radius 1 is 1.26 bits per heavy atom. The Morgan fingerprint density at radius 2 is 2.00 bits per heavy atom. The zero-order valence-corrected chi connectivity index (χ0v) is 15.0. The van der Waals surface area contributed by atoms with Crippen molar-refractivity contribution in [2.24, 2.45) is 0 Å². The Kier molecular flexibility index (Phi) is 5.17. The molecule has 1 unspecified atom stereocenters. The van der Waals surface area contributed by atoms with Gasteiger partial charge in [-0.15, -0.1) is 11.3 Å². The molecule has 0 saturated carbocycles. The normalized spacial score (nSPS) is 12.3. The summed E-state index contributed by atoms with van der Waals surface area (Å²) in [6.45, 7) is 0. The number of hydrogen-bond acceptors (Lipinski definition) is 3. The van der Waals surface area contributed by atoms with Crippen LogP contribution >= 0.6 is 54.8 Å². The summed E-state index contributed by atoms with van der Waals surface area (Å²) in [5.74, 6) is 1.62. The van der Waals surface area contributed by atoms with Gasteiger partial charge in [-0.05, 0) is 39.5 Å². The first-order chi connectivity index (χ1) is 9.08. The Labute approximate surface area is 137 Å².